The second kappa shape index (κ2) is 5.66. The SMILES string of the molecule is CC#CC1CCCN(C(=O)CNC)C1. The molecule has 0 saturated carbocycles. The van der Waals surface area contributed by atoms with Gasteiger partial charge in [0.2, 0.25) is 5.91 Å². The summed E-state index contributed by atoms with van der Waals surface area (Å²) < 4.78 is 0. The minimum Gasteiger partial charge on any atom is -0.340 e. The van der Waals surface area contributed by atoms with Crippen molar-refractivity contribution in [2.45, 2.75) is 19.8 Å². The van der Waals surface area contributed by atoms with Crippen molar-refractivity contribution in [2.75, 3.05) is 26.7 Å². The molecule has 0 bridgehead atoms. The molecule has 0 aromatic rings. The highest BCUT2D eigenvalue weighted by Gasteiger charge is 2.21. The molecule has 3 heteroatoms. The highest BCUT2D eigenvalue weighted by Crippen LogP contribution is 2.15. The highest BCUT2D eigenvalue weighted by molar-refractivity contribution is 5.78. The molecule has 1 atom stereocenters. The van der Waals surface area contributed by atoms with E-state index in [1.807, 2.05) is 11.8 Å². The molecule has 1 aliphatic rings. The van der Waals surface area contributed by atoms with E-state index in [0.29, 0.717) is 12.5 Å². The summed E-state index contributed by atoms with van der Waals surface area (Å²) in [5.74, 6) is 6.65. The van der Waals surface area contributed by atoms with E-state index in [9.17, 15) is 4.79 Å². The summed E-state index contributed by atoms with van der Waals surface area (Å²) in [4.78, 5) is 13.5. The van der Waals surface area contributed by atoms with E-state index in [0.717, 1.165) is 25.9 Å². The Morgan fingerprint density at radius 1 is 1.64 bits per heavy atom. The van der Waals surface area contributed by atoms with Gasteiger partial charge in [0, 0.05) is 19.0 Å². The van der Waals surface area contributed by atoms with Crippen molar-refractivity contribution in [3.05, 3.63) is 0 Å². The summed E-state index contributed by atoms with van der Waals surface area (Å²) in [6.07, 6.45) is 2.21. The van der Waals surface area contributed by atoms with Gasteiger partial charge in [0.05, 0.1) is 6.54 Å². The number of carbonyl (C=O) groups excluding carboxylic acids is 1. The lowest BCUT2D eigenvalue weighted by atomic mass is 9.98. The van der Waals surface area contributed by atoms with Gasteiger partial charge in [0.25, 0.3) is 0 Å². The zero-order chi connectivity index (χ0) is 10.4. The monoisotopic (exact) mass is 194 g/mol. The van der Waals surface area contributed by atoms with Crippen molar-refractivity contribution >= 4 is 5.91 Å². The molecule has 1 saturated heterocycles. The molecule has 1 fully saturated rings. The molecule has 1 unspecified atom stereocenters. The number of nitrogens with one attached hydrogen (secondary N) is 1. The number of rotatable bonds is 2. The van der Waals surface area contributed by atoms with E-state index >= 15 is 0 Å². The number of carbonyl (C=O) groups is 1. The Hall–Kier alpha value is -1.01. The maximum Gasteiger partial charge on any atom is 0.236 e. The molecule has 1 aliphatic heterocycles. The topological polar surface area (TPSA) is 32.3 Å². The van der Waals surface area contributed by atoms with Crippen molar-refractivity contribution in [3.8, 4) is 11.8 Å². The normalized spacial score (nSPS) is 21.3. The molecule has 1 heterocycles. The van der Waals surface area contributed by atoms with Crippen LogP contribution in [-0.2, 0) is 4.79 Å². The first kappa shape index (κ1) is 11.1. The van der Waals surface area contributed by atoms with E-state index < -0.39 is 0 Å². The van der Waals surface area contributed by atoms with Crippen molar-refractivity contribution < 1.29 is 4.79 Å². The quantitative estimate of drug-likeness (QED) is 0.648. The van der Waals surface area contributed by atoms with Crippen LogP contribution in [0.15, 0.2) is 0 Å². The number of likely N-dealkylation sites (N-methyl/N-ethyl adjacent to an activating group) is 1. The van der Waals surface area contributed by atoms with E-state index in [4.69, 9.17) is 0 Å². The van der Waals surface area contributed by atoms with E-state index in [1.54, 1.807) is 7.05 Å². The molecule has 0 spiro atoms. The van der Waals surface area contributed by atoms with Crippen molar-refractivity contribution in [1.29, 1.82) is 0 Å². The van der Waals surface area contributed by atoms with E-state index in [2.05, 4.69) is 17.2 Å². The van der Waals surface area contributed by atoms with Crippen LogP contribution in [0.1, 0.15) is 19.8 Å². The highest BCUT2D eigenvalue weighted by atomic mass is 16.2. The van der Waals surface area contributed by atoms with Gasteiger partial charge in [-0.3, -0.25) is 4.79 Å². The second-order valence-electron chi connectivity index (χ2n) is 3.60. The molecule has 0 aromatic carbocycles. The maximum absolute atomic E-state index is 11.6. The van der Waals surface area contributed by atoms with Crippen LogP contribution in [0.3, 0.4) is 0 Å². The number of hydrogen-bond donors (Lipinski definition) is 1. The third-order valence-electron chi connectivity index (χ3n) is 2.45. The van der Waals surface area contributed by atoms with Gasteiger partial charge in [-0.15, -0.1) is 5.92 Å². The predicted molar refractivity (Wildman–Crippen MR) is 56.7 cm³/mol. The van der Waals surface area contributed by atoms with Crippen LogP contribution in [0.5, 0.6) is 0 Å². The first-order valence-corrected chi connectivity index (χ1v) is 5.12. The third-order valence-corrected chi connectivity index (χ3v) is 2.45. The summed E-state index contributed by atoms with van der Waals surface area (Å²) in [6.45, 7) is 3.99. The van der Waals surface area contributed by atoms with Crippen molar-refractivity contribution in [1.82, 2.24) is 10.2 Å². The Bertz CT molecular complexity index is 252. The molecule has 1 rings (SSSR count). The van der Waals surface area contributed by atoms with Crippen molar-refractivity contribution in [2.24, 2.45) is 5.92 Å². The van der Waals surface area contributed by atoms with Crippen LogP contribution in [0.4, 0.5) is 0 Å². The fraction of sp³-hybridized carbons (Fsp3) is 0.727. The minimum atomic E-state index is 0.190. The van der Waals surface area contributed by atoms with Crippen LogP contribution >= 0.6 is 0 Å². The zero-order valence-electron chi connectivity index (χ0n) is 8.97. The van der Waals surface area contributed by atoms with Crippen LogP contribution in [0, 0.1) is 17.8 Å². The second-order valence-corrected chi connectivity index (χ2v) is 3.60. The number of amides is 1. The Kier molecular flexibility index (Phi) is 4.48. The molecule has 1 N–H and O–H groups in total. The van der Waals surface area contributed by atoms with Gasteiger partial charge in [0.1, 0.15) is 0 Å². The average molecular weight is 194 g/mol. The van der Waals surface area contributed by atoms with Crippen LogP contribution in [0.25, 0.3) is 0 Å². The predicted octanol–water partition coefficient (Wildman–Crippen LogP) is 0.468. The van der Waals surface area contributed by atoms with Crippen LogP contribution in [-0.4, -0.2) is 37.5 Å². The largest absolute Gasteiger partial charge is 0.340 e. The third kappa shape index (κ3) is 3.04. The lowest BCUT2D eigenvalue weighted by molar-refractivity contribution is -0.131. The van der Waals surface area contributed by atoms with E-state index in [1.165, 1.54) is 0 Å². The summed E-state index contributed by atoms with van der Waals surface area (Å²) in [7, 11) is 1.80. The van der Waals surface area contributed by atoms with Gasteiger partial charge in [-0.1, -0.05) is 5.92 Å². The smallest absolute Gasteiger partial charge is 0.236 e. The van der Waals surface area contributed by atoms with Crippen molar-refractivity contribution in [3.63, 3.8) is 0 Å². The first-order valence-electron chi connectivity index (χ1n) is 5.12. The van der Waals surface area contributed by atoms with Gasteiger partial charge in [0.15, 0.2) is 0 Å². The summed E-state index contributed by atoms with van der Waals surface area (Å²) in [6, 6.07) is 0. The number of nitrogens with zero attached hydrogens (tertiary/aromatic N) is 1. The number of hydrogen-bond acceptors (Lipinski definition) is 2. The number of piperidine rings is 1. The summed E-state index contributed by atoms with van der Waals surface area (Å²) in [5.41, 5.74) is 0. The fourth-order valence-corrected chi connectivity index (χ4v) is 1.79. The molecule has 0 radical (unpaired) electrons. The van der Waals surface area contributed by atoms with Gasteiger partial charge in [-0.2, -0.15) is 0 Å². The Morgan fingerprint density at radius 2 is 2.43 bits per heavy atom. The summed E-state index contributed by atoms with van der Waals surface area (Å²) >= 11 is 0. The molecular weight excluding hydrogens is 176 g/mol. The van der Waals surface area contributed by atoms with Crippen LogP contribution in [0.2, 0.25) is 0 Å². The Balaban J connectivity index is 2.45. The molecule has 0 aliphatic carbocycles. The average Bonchev–Trinajstić information content (AvgIpc) is 2.19. The van der Waals surface area contributed by atoms with Gasteiger partial charge in [-0.05, 0) is 26.8 Å². The lowest BCUT2D eigenvalue weighted by Crippen LogP contribution is -2.43. The van der Waals surface area contributed by atoms with Gasteiger partial charge < -0.3 is 10.2 Å². The fourth-order valence-electron chi connectivity index (χ4n) is 1.79. The minimum absolute atomic E-state index is 0.190. The van der Waals surface area contributed by atoms with Gasteiger partial charge >= 0.3 is 0 Å². The maximum atomic E-state index is 11.6. The molecule has 1 amide bonds. The molecule has 0 aromatic heterocycles. The first-order chi connectivity index (χ1) is 6.77. The van der Waals surface area contributed by atoms with Crippen LogP contribution < -0.4 is 5.32 Å². The molecule has 78 valence electrons. The molecular formula is C11H18N2O. The molecule has 3 nitrogen and oxygen atoms in total. The lowest BCUT2D eigenvalue weighted by Gasteiger charge is -2.30. The molecule has 14 heavy (non-hydrogen) atoms. The summed E-state index contributed by atoms with van der Waals surface area (Å²) in [5, 5.41) is 2.88. The Labute approximate surface area is 85.9 Å². The number of likely N-dealkylation sites (tertiary alicyclic amines) is 1. The van der Waals surface area contributed by atoms with E-state index in [-0.39, 0.29) is 5.91 Å². The van der Waals surface area contributed by atoms with Gasteiger partial charge in [-0.25, -0.2) is 0 Å². The Morgan fingerprint density at radius 3 is 3.07 bits per heavy atom. The zero-order valence-corrected chi connectivity index (χ0v) is 8.97. The standard InChI is InChI=1S/C11H18N2O/c1-3-5-10-6-4-7-13(9-10)11(14)8-12-2/h10,12H,4,6-9H2,1-2H3.